The number of hydrogen-bond donors (Lipinski definition) is 2. The molecule has 7 heteroatoms. The first-order valence-corrected chi connectivity index (χ1v) is 7.60. The fourth-order valence-corrected chi connectivity index (χ4v) is 2.58. The van der Waals surface area contributed by atoms with Crippen molar-refractivity contribution in [2.75, 3.05) is 6.54 Å². The highest BCUT2D eigenvalue weighted by Gasteiger charge is 2.26. The lowest BCUT2D eigenvalue weighted by Crippen LogP contribution is -2.53. The van der Waals surface area contributed by atoms with E-state index in [0.29, 0.717) is 16.6 Å². The second-order valence-corrected chi connectivity index (χ2v) is 5.80. The molecule has 0 aromatic heterocycles. The van der Waals surface area contributed by atoms with E-state index in [4.69, 9.17) is 5.73 Å². The van der Waals surface area contributed by atoms with E-state index >= 15 is 0 Å². The number of carbonyl (C=O) groups is 1. The summed E-state index contributed by atoms with van der Waals surface area (Å²) < 4.78 is 0.554. The van der Waals surface area contributed by atoms with E-state index in [2.05, 4.69) is 21.2 Å². The van der Waals surface area contributed by atoms with Gasteiger partial charge in [0, 0.05) is 23.2 Å². The molecule has 0 aliphatic carbocycles. The summed E-state index contributed by atoms with van der Waals surface area (Å²) >= 11 is 3.27. The van der Waals surface area contributed by atoms with Crippen LogP contribution >= 0.6 is 15.9 Å². The number of rotatable bonds is 7. The molecule has 0 unspecified atom stereocenters. The summed E-state index contributed by atoms with van der Waals surface area (Å²) in [6.45, 7) is 4.35. The number of nitro groups is 1. The Morgan fingerprint density at radius 2 is 2.05 bits per heavy atom. The Morgan fingerprint density at radius 1 is 1.43 bits per heavy atom. The highest BCUT2D eigenvalue weighted by atomic mass is 79.9. The number of amides is 1. The third-order valence-corrected chi connectivity index (χ3v) is 4.49. The van der Waals surface area contributed by atoms with Gasteiger partial charge in [0.1, 0.15) is 0 Å². The number of non-ortho nitro benzene ring substituents is 1. The van der Waals surface area contributed by atoms with Crippen LogP contribution in [0.5, 0.6) is 0 Å². The molecule has 0 spiro atoms. The van der Waals surface area contributed by atoms with Gasteiger partial charge in [-0.3, -0.25) is 14.9 Å². The molecule has 6 nitrogen and oxygen atoms in total. The molecule has 1 amide bonds. The molecule has 1 aromatic rings. The highest BCUT2D eigenvalue weighted by Crippen LogP contribution is 2.23. The topological polar surface area (TPSA) is 98.3 Å². The molecule has 116 valence electrons. The van der Waals surface area contributed by atoms with Crippen molar-refractivity contribution >= 4 is 27.5 Å². The van der Waals surface area contributed by atoms with E-state index in [0.717, 1.165) is 12.8 Å². The van der Waals surface area contributed by atoms with Crippen LogP contribution in [0, 0.1) is 10.1 Å². The molecule has 0 radical (unpaired) electrons. The van der Waals surface area contributed by atoms with Crippen LogP contribution in [0.2, 0.25) is 0 Å². The first-order chi connectivity index (χ1) is 9.87. The zero-order valence-corrected chi connectivity index (χ0v) is 13.8. The van der Waals surface area contributed by atoms with Crippen molar-refractivity contribution in [3.05, 3.63) is 38.3 Å². The van der Waals surface area contributed by atoms with E-state index < -0.39 is 4.92 Å². The number of carbonyl (C=O) groups excluding carboxylic acids is 1. The Balaban J connectivity index is 2.82. The van der Waals surface area contributed by atoms with Crippen LogP contribution in [0.15, 0.2) is 22.7 Å². The molecule has 0 atom stereocenters. The van der Waals surface area contributed by atoms with Crippen LogP contribution in [-0.4, -0.2) is 22.9 Å². The maximum atomic E-state index is 12.2. The average molecular weight is 358 g/mol. The molecule has 21 heavy (non-hydrogen) atoms. The van der Waals surface area contributed by atoms with Crippen molar-refractivity contribution in [2.45, 2.75) is 38.6 Å². The third-order valence-electron chi connectivity index (χ3n) is 3.75. The lowest BCUT2D eigenvalue weighted by Gasteiger charge is -2.31. The van der Waals surface area contributed by atoms with E-state index in [1.807, 2.05) is 13.8 Å². The number of benzene rings is 1. The summed E-state index contributed by atoms with van der Waals surface area (Å²) in [5.74, 6) is -0.140. The number of nitrogens with zero attached hydrogens (tertiary/aromatic N) is 1. The Labute approximate surface area is 132 Å². The van der Waals surface area contributed by atoms with Crippen molar-refractivity contribution in [1.29, 1.82) is 0 Å². The first kappa shape index (κ1) is 17.6. The molecule has 0 saturated carbocycles. The van der Waals surface area contributed by atoms with E-state index in [9.17, 15) is 14.9 Å². The monoisotopic (exact) mass is 357 g/mol. The van der Waals surface area contributed by atoms with Crippen molar-refractivity contribution in [1.82, 2.24) is 5.32 Å². The maximum Gasteiger partial charge on any atom is 0.270 e. The normalized spacial score (nSPS) is 11.2. The minimum absolute atomic E-state index is 0.00976. The lowest BCUT2D eigenvalue weighted by atomic mass is 9.92. The predicted octanol–water partition coefficient (Wildman–Crippen LogP) is 2.53. The molecule has 1 aromatic carbocycles. The summed E-state index contributed by atoms with van der Waals surface area (Å²) in [4.78, 5) is 22.4. The van der Waals surface area contributed by atoms with Crippen LogP contribution in [0.4, 0.5) is 5.69 Å². The molecule has 0 bridgehead atoms. The molecule has 1 rings (SSSR count). The van der Waals surface area contributed by atoms with Gasteiger partial charge in [0.2, 0.25) is 5.91 Å². The Morgan fingerprint density at radius 3 is 2.48 bits per heavy atom. The molecule has 0 heterocycles. The molecule has 0 aliphatic rings. The standard InChI is InChI=1S/C14H20BrN3O3/c1-3-14(4-2,9-16)17-13(19)7-10-5-6-11(18(20)21)8-12(10)15/h5-6,8H,3-4,7,9,16H2,1-2H3,(H,17,19). The van der Waals surface area contributed by atoms with Crippen LogP contribution in [0.25, 0.3) is 0 Å². The minimum atomic E-state index is -0.470. The van der Waals surface area contributed by atoms with Gasteiger partial charge in [-0.1, -0.05) is 35.8 Å². The van der Waals surface area contributed by atoms with Crippen molar-refractivity contribution in [3.8, 4) is 0 Å². The molecular weight excluding hydrogens is 338 g/mol. The molecule has 0 aliphatic heterocycles. The lowest BCUT2D eigenvalue weighted by molar-refractivity contribution is -0.384. The van der Waals surface area contributed by atoms with Crippen LogP contribution in [0.3, 0.4) is 0 Å². The number of hydrogen-bond acceptors (Lipinski definition) is 4. The maximum absolute atomic E-state index is 12.2. The number of nitrogens with two attached hydrogens (primary N) is 1. The predicted molar refractivity (Wildman–Crippen MR) is 85.0 cm³/mol. The molecular formula is C14H20BrN3O3. The van der Waals surface area contributed by atoms with E-state index in [1.165, 1.54) is 12.1 Å². The zero-order chi connectivity index (χ0) is 16.0. The fraction of sp³-hybridized carbons (Fsp3) is 0.500. The van der Waals surface area contributed by atoms with Gasteiger partial charge in [-0.15, -0.1) is 0 Å². The van der Waals surface area contributed by atoms with Gasteiger partial charge in [-0.25, -0.2) is 0 Å². The second kappa shape index (κ2) is 7.51. The van der Waals surface area contributed by atoms with Crippen LogP contribution in [0.1, 0.15) is 32.3 Å². The summed E-state index contributed by atoms with van der Waals surface area (Å²) in [6.07, 6.45) is 1.67. The largest absolute Gasteiger partial charge is 0.349 e. The van der Waals surface area contributed by atoms with Gasteiger partial charge in [-0.05, 0) is 18.4 Å². The summed E-state index contributed by atoms with van der Waals surface area (Å²) in [6, 6.07) is 4.38. The molecule has 3 N–H and O–H groups in total. The van der Waals surface area contributed by atoms with Gasteiger partial charge in [0.25, 0.3) is 5.69 Å². The van der Waals surface area contributed by atoms with Gasteiger partial charge < -0.3 is 11.1 Å². The highest BCUT2D eigenvalue weighted by molar-refractivity contribution is 9.10. The number of nitro benzene ring substituents is 1. The summed E-state index contributed by atoms with van der Waals surface area (Å²) in [7, 11) is 0. The molecule has 0 saturated heterocycles. The van der Waals surface area contributed by atoms with Gasteiger partial charge in [0.05, 0.1) is 16.9 Å². The van der Waals surface area contributed by atoms with Gasteiger partial charge >= 0.3 is 0 Å². The van der Waals surface area contributed by atoms with Crippen molar-refractivity contribution < 1.29 is 9.72 Å². The van der Waals surface area contributed by atoms with Gasteiger partial charge in [0.15, 0.2) is 0 Å². The Bertz CT molecular complexity index is 522. The van der Waals surface area contributed by atoms with Gasteiger partial charge in [-0.2, -0.15) is 0 Å². The first-order valence-electron chi connectivity index (χ1n) is 6.81. The van der Waals surface area contributed by atoms with Crippen molar-refractivity contribution in [2.24, 2.45) is 5.73 Å². The quantitative estimate of drug-likeness (QED) is 0.578. The summed E-state index contributed by atoms with van der Waals surface area (Å²) in [5.41, 5.74) is 6.07. The second-order valence-electron chi connectivity index (χ2n) is 4.95. The smallest absolute Gasteiger partial charge is 0.270 e. The zero-order valence-electron chi connectivity index (χ0n) is 12.2. The van der Waals surface area contributed by atoms with Crippen LogP contribution in [-0.2, 0) is 11.2 Å². The Hall–Kier alpha value is -1.47. The molecule has 0 fully saturated rings. The minimum Gasteiger partial charge on any atom is -0.349 e. The average Bonchev–Trinajstić information content (AvgIpc) is 2.47. The summed E-state index contributed by atoms with van der Waals surface area (Å²) in [5, 5.41) is 13.7. The van der Waals surface area contributed by atoms with E-state index in [1.54, 1.807) is 6.07 Å². The number of nitrogens with one attached hydrogen (secondary N) is 1. The number of halogens is 1. The SMILES string of the molecule is CCC(CC)(CN)NC(=O)Cc1ccc([N+](=O)[O-])cc1Br. The third kappa shape index (κ3) is 4.50. The Kier molecular flexibility index (Phi) is 6.29. The van der Waals surface area contributed by atoms with Crippen molar-refractivity contribution in [3.63, 3.8) is 0 Å². The van der Waals surface area contributed by atoms with Crippen LogP contribution < -0.4 is 11.1 Å². The fourth-order valence-electron chi connectivity index (χ4n) is 2.07. The van der Waals surface area contributed by atoms with E-state index in [-0.39, 0.29) is 23.6 Å².